The highest BCUT2D eigenvalue weighted by Gasteiger charge is 2.60. The van der Waals surface area contributed by atoms with Gasteiger partial charge in [-0.25, -0.2) is 9.50 Å². The van der Waals surface area contributed by atoms with Crippen LogP contribution in [0.1, 0.15) is 65.6 Å². The normalized spacial score (nSPS) is 21.8. The second-order valence-electron chi connectivity index (χ2n) is 13.3. The molecule has 0 aliphatic carbocycles. The number of nitriles is 1. The van der Waals surface area contributed by atoms with Crippen LogP contribution in [0.3, 0.4) is 0 Å². The van der Waals surface area contributed by atoms with Crippen molar-refractivity contribution in [3.05, 3.63) is 60.0 Å². The van der Waals surface area contributed by atoms with E-state index in [1.54, 1.807) is 65.0 Å². The number of anilines is 1. The molecule has 14 heteroatoms. The molecule has 1 aliphatic rings. The van der Waals surface area contributed by atoms with E-state index < -0.39 is 65.4 Å². The Morgan fingerprint density at radius 2 is 1.88 bits per heavy atom. The highest BCUT2D eigenvalue weighted by atomic mass is 16.6. The largest absolute Gasteiger partial charge is 0.463 e. The van der Waals surface area contributed by atoms with E-state index in [0.29, 0.717) is 6.61 Å². The van der Waals surface area contributed by atoms with Crippen molar-refractivity contribution in [1.82, 2.24) is 14.6 Å². The summed E-state index contributed by atoms with van der Waals surface area (Å²) in [5.41, 5.74) is 3.21. The number of esters is 2. The number of nitrogens with two attached hydrogens (primary N) is 1. The summed E-state index contributed by atoms with van der Waals surface area (Å²) in [7, 11) is 0. The number of hydrogen-bond donors (Lipinski definition) is 3. The van der Waals surface area contributed by atoms with E-state index in [4.69, 9.17) is 24.7 Å². The van der Waals surface area contributed by atoms with Gasteiger partial charge in [-0.05, 0) is 43.4 Å². The fraction of sp³-hybridized carbons (Fsp3) is 0.529. The van der Waals surface area contributed by atoms with Gasteiger partial charge >= 0.3 is 11.9 Å². The van der Waals surface area contributed by atoms with Gasteiger partial charge in [-0.2, -0.15) is 10.4 Å². The lowest BCUT2D eigenvalue weighted by molar-refractivity contribution is -0.163. The van der Waals surface area contributed by atoms with Crippen molar-refractivity contribution in [3.8, 4) is 6.07 Å². The van der Waals surface area contributed by atoms with Crippen LogP contribution in [-0.4, -0.2) is 80.7 Å². The Kier molecular flexibility index (Phi) is 11.2. The third-order valence-electron chi connectivity index (χ3n) is 8.21. The number of benzene rings is 1. The number of nitrogens with zero attached hydrogens (tertiary/aromatic N) is 4. The zero-order chi connectivity index (χ0) is 35.3. The summed E-state index contributed by atoms with van der Waals surface area (Å²) in [6, 6.07) is 12.9. The fourth-order valence-corrected chi connectivity index (χ4v) is 5.10. The van der Waals surface area contributed by atoms with Crippen LogP contribution < -0.4 is 11.1 Å². The number of fused-ring (bicyclic) bond motifs is 1. The molecule has 0 saturated carbocycles. The first-order valence-corrected chi connectivity index (χ1v) is 15.9. The Morgan fingerprint density at radius 3 is 2.52 bits per heavy atom. The van der Waals surface area contributed by atoms with E-state index >= 15 is 0 Å². The summed E-state index contributed by atoms with van der Waals surface area (Å²) in [6.45, 7) is 10.5. The van der Waals surface area contributed by atoms with Gasteiger partial charge in [0.25, 0.3) is 5.91 Å². The number of aliphatic hydroxyl groups excluding tert-OH is 1. The number of hydrogen-bond acceptors (Lipinski definition) is 12. The maximum Gasteiger partial charge on any atom is 0.323 e. The molecule has 1 aliphatic heterocycles. The number of nitrogens with one attached hydrogen (secondary N) is 1. The number of unbranched alkanes of at least 4 members (excludes halogenated alkanes) is 1. The lowest BCUT2D eigenvalue weighted by Crippen LogP contribution is -2.49. The van der Waals surface area contributed by atoms with Crippen molar-refractivity contribution in [2.24, 2.45) is 11.1 Å². The van der Waals surface area contributed by atoms with E-state index in [2.05, 4.69) is 15.4 Å². The predicted molar refractivity (Wildman–Crippen MR) is 173 cm³/mol. The maximum atomic E-state index is 13.1. The Balaban J connectivity index is 1.65. The fourth-order valence-electron chi connectivity index (χ4n) is 5.10. The number of amides is 1. The van der Waals surface area contributed by atoms with Gasteiger partial charge in [0.05, 0.1) is 12.1 Å². The number of ether oxygens (including phenoxy) is 4. The van der Waals surface area contributed by atoms with Gasteiger partial charge in [-0.15, -0.1) is 0 Å². The van der Waals surface area contributed by atoms with Gasteiger partial charge < -0.3 is 35.1 Å². The van der Waals surface area contributed by atoms with Gasteiger partial charge in [0, 0.05) is 6.61 Å². The molecule has 2 aromatic heterocycles. The Bertz CT molecular complexity index is 1650. The minimum absolute atomic E-state index is 0.0337. The molecule has 258 valence electrons. The molecule has 0 unspecified atom stereocenters. The smallest absolute Gasteiger partial charge is 0.323 e. The molecule has 1 saturated heterocycles. The van der Waals surface area contributed by atoms with Gasteiger partial charge in [-0.1, -0.05) is 64.4 Å². The SMILES string of the molecule is CCCCOC(C)(C)C(=O)Nc1ncnn2c([C@]3(C#N)O[C@H](COC(=O)Cc4ccccc4)[C@@H](OC(=O)[C@@H](N)C(C)(C)C)[C@H]3O)ccc12. The first-order chi connectivity index (χ1) is 22.6. The van der Waals surface area contributed by atoms with E-state index in [1.165, 1.54) is 16.9 Å². The third-order valence-corrected chi connectivity index (χ3v) is 8.21. The van der Waals surface area contributed by atoms with Crippen LogP contribution in [0.2, 0.25) is 0 Å². The molecule has 1 amide bonds. The third kappa shape index (κ3) is 7.82. The molecule has 0 radical (unpaired) electrons. The average molecular weight is 665 g/mol. The Labute approximate surface area is 279 Å². The van der Waals surface area contributed by atoms with Crippen LogP contribution in [0.5, 0.6) is 0 Å². The molecule has 1 aromatic carbocycles. The standard InChI is InChI=1S/C34H44N6O8/c1-7-8-16-46-33(5,6)31(44)39-29-22-14-15-24(40(22)38-20-37-29)34(19-35)28(42)26(47-30(43)27(36)32(2,3)4)23(48-34)18-45-25(41)17-21-12-10-9-11-13-21/h9-15,20,23,26-28,42H,7-8,16-18,36H2,1-6H3,(H,37,38,39,44)/t23-,26-,27-,28-,34+/m1/s1. The first-order valence-electron chi connectivity index (χ1n) is 15.9. The van der Waals surface area contributed by atoms with Crippen molar-refractivity contribution in [2.45, 2.75) is 96.4 Å². The topological polar surface area (TPSA) is 200 Å². The Morgan fingerprint density at radius 1 is 1.17 bits per heavy atom. The number of carbonyl (C=O) groups excluding carboxylic acids is 3. The van der Waals surface area contributed by atoms with E-state index in [9.17, 15) is 24.8 Å². The van der Waals surface area contributed by atoms with Crippen LogP contribution >= 0.6 is 0 Å². The summed E-state index contributed by atoms with van der Waals surface area (Å²) >= 11 is 0. The summed E-state index contributed by atoms with van der Waals surface area (Å²) in [5.74, 6) is -1.75. The molecule has 48 heavy (non-hydrogen) atoms. The molecule has 14 nitrogen and oxygen atoms in total. The maximum absolute atomic E-state index is 13.1. The van der Waals surface area contributed by atoms with Crippen LogP contribution in [0.15, 0.2) is 48.8 Å². The minimum atomic E-state index is -2.15. The molecular formula is C34H44N6O8. The summed E-state index contributed by atoms with van der Waals surface area (Å²) < 4.78 is 24.4. The molecule has 3 heterocycles. The molecule has 0 spiro atoms. The van der Waals surface area contributed by atoms with Crippen LogP contribution in [0, 0.1) is 16.7 Å². The molecule has 1 fully saturated rings. The monoisotopic (exact) mass is 664 g/mol. The van der Waals surface area contributed by atoms with Gasteiger partial charge in [0.2, 0.25) is 5.60 Å². The molecule has 5 atom stereocenters. The van der Waals surface area contributed by atoms with E-state index in [-0.39, 0.29) is 23.4 Å². The van der Waals surface area contributed by atoms with Gasteiger partial charge in [0.15, 0.2) is 11.9 Å². The first kappa shape index (κ1) is 36.4. The number of aliphatic hydroxyl groups is 1. The van der Waals surface area contributed by atoms with Crippen molar-refractivity contribution in [2.75, 3.05) is 18.5 Å². The zero-order valence-corrected chi connectivity index (χ0v) is 28.1. The average Bonchev–Trinajstić information content (AvgIpc) is 3.59. The molecule has 3 aromatic rings. The zero-order valence-electron chi connectivity index (χ0n) is 28.1. The van der Waals surface area contributed by atoms with Crippen LogP contribution in [0.4, 0.5) is 5.82 Å². The van der Waals surface area contributed by atoms with Crippen LogP contribution in [0.25, 0.3) is 5.52 Å². The minimum Gasteiger partial charge on any atom is -0.463 e. The summed E-state index contributed by atoms with van der Waals surface area (Å²) in [5, 5.41) is 29.3. The molecule has 4 rings (SSSR count). The molecule has 0 bridgehead atoms. The van der Waals surface area contributed by atoms with Gasteiger partial charge in [0.1, 0.15) is 48.4 Å². The van der Waals surface area contributed by atoms with E-state index in [1.807, 2.05) is 19.1 Å². The van der Waals surface area contributed by atoms with Gasteiger partial charge in [-0.3, -0.25) is 14.4 Å². The molecular weight excluding hydrogens is 620 g/mol. The lowest BCUT2D eigenvalue weighted by Gasteiger charge is -2.29. The second-order valence-corrected chi connectivity index (χ2v) is 13.3. The second kappa shape index (κ2) is 14.8. The number of carbonyl (C=O) groups is 3. The quantitative estimate of drug-likeness (QED) is 0.179. The van der Waals surface area contributed by atoms with E-state index in [0.717, 1.165) is 18.4 Å². The summed E-state index contributed by atoms with van der Waals surface area (Å²) in [4.78, 5) is 43.2. The van der Waals surface area contributed by atoms with Crippen molar-refractivity contribution < 1.29 is 38.4 Å². The molecule has 4 N–H and O–H groups in total. The number of aromatic nitrogens is 3. The highest BCUT2D eigenvalue weighted by Crippen LogP contribution is 2.42. The van der Waals surface area contributed by atoms with Crippen LogP contribution in [-0.2, 0) is 45.4 Å². The lowest BCUT2D eigenvalue weighted by atomic mass is 9.87. The number of rotatable bonds is 13. The Hall–Kier alpha value is -4.42. The highest BCUT2D eigenvalue weighted by molar-refractivity contribution is 5.98. The summed E-state index contributed by atoms with van der Waals surface area (Å²) in [6.07, 6.45) is -1.65. The van der Waals surface area contributed by atoms with Crippen molar-refractivity contribution in [1.29, 1.82) is 5.26 Å². The van der Waals surface area contributed by atoms with Crippen molar-refractivity contribution in [3.63, 3.8) is 0 Å². The predicted octanol–water partition coefficient (Wildman–Crippen LogP) is 2.81. The van der Waals surface area contributed by atoms with Crippen molar-refractivity contribution >= 4 is 29.2 Å².